The predicted octanol–water partition coefficient (Wildman–Crippen LogP) is 5.29. The molecule has 12 nitrogen and oxygen atoms in total. The Morgan fingerprint density at radius 1 is 1.15 bits per heavy atom. The molecule has 3 aliphatic rings. The van der Waals surface area contributed by atoms with E-state index in [0.717, 1.165) is 37.8 Å². The van der Waals surface area contributed by atoms with Gasteiger partial charge in [-0.3, -0.25) is 19.3 Å². The van der Waals surface area contributed by atoms with Crippen LogP contribution in [0.5, 0.6) is 0 Å². The van der Waals surface area contributed by atoms with E-state index >= 15 is 0 Å². The number of carbonyl (C=O) groups excluding carboxylic acids is 3. The second-order valence-electron chi connectivity index (χ2n) is 12.4. The standard InChI is InChI=1S/C12H22N2O3.C11H18O2.C9H8FNO2.CH3NO/c1-9-6-5-7-14(9)10(15)8-13-11(16)17-12(2,3)4;1-2-3-4-5-6-7-9-8-10(9)11(12)13;10-8-3-1-2-6-4-11(9(12)13)5-7(6)8;2-1-3/h9H,5-8H2,1-4H3,(H,13,16);6-7,9-10H,2-5,8H2,1H3,(H,12,13);1-3H,4-5H2,(H,12,13);1H,(H2,2,3)/b;7-6-;;. The van der Waals surface area contributed by atoms with Crippen LogP contribution in [0.1, 0.15) is 90.7 Å². The monoisotopic (exact) mass is 650 g/mol. The van der Waals surface area contributed by atoms with Gasteiger partial charge in [-0.2, -0.15) is 0 Å². The number of amides is 4. The number of halogens is 1. The van der Waals surface area contributed by atoms with Crippen LogP contribution in [0, 0.1) is 17.7 Å². The number of hydrogen-bond acceptors (Lipinski definition) is 6. The summed E-state index contributed by atoms with van der Waals surface area (Å²) < 4.78 is 18.2. The van der Waals surface area contributed by atoms with E-state index in [9.17, 15) is 23.6 Å². The van der Waals surface area contributed by atoms with Gasteiger partial charge in [0.2, 0.25) is 12.3 Å². The number of rotatable bonds is 8. The molecule has 2 aliphatic heterocycles. The highest BCUT2D eigenvalue weighted by Gasteiger charge is 2.40. The van der Waals surface area contributed by atoms with Crippen molar-refractivity contribution in [3.8, 4) is 0 Å². The fourth-order valence-corrected chi connectivity index (χ4v) is 4.88. The largest absolute Gasteiger partial charge is 0.481 e. The molecule has 3 unspecified atom stereocenters. The Balaban J connectivity index is 0.000000334. The van der Waals surface area contributed by atoms with Gasteiger partial charge in [0.05, 0.1) is 12.5 Å². The number of nitrogens with two attached hydrogens (primary N) is 1. The summed E-state index contributed by atoms with van der Waals surface area (Å²) >= 11 is 0. The number of carboxylic acid groups (broad SMARTS) is 2. The number of nitrogens with zero attached hydrogens (tertiary/aromatic N) is 2. The minimum Gasteiger partial charge on any atom is -0.481 e. The molecule has 0 spiro atoms. The first-order valence-corrected chi connectivity index (χ1v) is 15.7. The van der Waals surface area contributed by atoms with Crippen LogP contribution in [-0.4, -0.2) is 75.2 Å². The molecule has 0 aromatic heterocycles. The van der Waals surface area contributed by atoms with E-state index in [2.05, 4.69) is 30.1 Å². The minimum atomic E-state index is -1.00. The Bertz CT molecular complexity index is 1190. The van der Waals surface area contributed by atoms with Crippen molar-refractivity contribution in [1.82, 2.24) is 15.1 Å². The molecule has 4 rings (SSSR count). The van der Waals surface area contributed by atoms with Gasteiger partial charge in [0.1, 0.15) is 18.0 Å². The Morgan fingerprint density at radius 2 is 1.83 bits per heavy atom. The lowest BCUT2D eigenvalue weighted by molar-refractivity contribution is -0.138. The van der Waals surface area contributed by atoms with E-state index in [1.165, 1.54) is 30.2 Å². The first-order chi connectivity index (χ1) is 21.6. The van der Waals surface area contributed by atoms with Gasteiger partial charge >= 0.3 is 18.2 Å². The topological polar surface area (TPSA) is 180 Å². The molecule has 46 heavy (non-hydrogen) atoms. The Kier molecular flexibility index (Phi) is 17.4. The molecule has 1 aliphatic carbocycles. The fraction of sp³-hybridized carbons (Fsp3) is 0.606. The van der Waals surface area contributed by atoms with Crippen molar-refractivity contribution < 1.29 is 43.3 Å². The highest BCUT2D eigenvalue weighted by Crippen LogP contribution is 2.39. The number of ether oxygens (including phenoxy) is 1. The molecule has 4 amide bonds. The lowest BCUT2D eigenvalue weighted by atomic mass is 10.1. The number of likely N-dealkylation sites (tertiary alicyclic amines) is 1. The number of benzene rings is 1. The zero-order valence-corrected chi connectivity index (χ0v) is 27.7. The molecule has 1 saturated carbocycles. The molecular weight excluding hydrogens is 599 g/mol. The smallest absolute Gasteiger partial charge is 0.408 e. The molecule has 0 radical (unpaired) electrons. The van der Waals surface area contributed by atoms with Crippen LogP contribution < -0.4 is 11.1 Å². The second-order valence-corrected chi connectivity index (χ2v) is 12.4. The molecule has 2 heterocycles. The van der Waals surface area contributed by atoms with Crippen molar-refractivity contribution >= 4 is 30.5 Å². The highest BCUT2D eigenvalue weighted by atomic mass is 19.1. The van der Waals surface area contributed by atoms with Crippen LogP contribution in [-0.2, 0) is 32.2 Å². The molecule has 13 heteroatoms. The van der Waals surface area contributed by atoms with E-state index < -0.39 is 23.8 Å². The summed E-state index contributed by atoms with van der Waals surface area (Å²) in [5.74, 6) is -0.744. The maximum absolute atomic E-state index is 13.1. The number of alkyl carbamates (subject to hydrolysis) is 1. The molecule has 5 N–H and O–H groups in total. The van der Waals surface area contributed by atoms with Gasteiger partial charge in [0, 0.05) is 24.7 Å². The van der Waals surface area contributed by atoms with Gasteiger partial charge in [-0.1, -0.05) is 44.1 Å². The lowest BCUT2D eigenvalue weighted by Gasteiger charge is -2.23. The Hall–Kier alpha value is -4.16. The van der Waals surface area contributed by atoms with Crippen LogP contribution in [0.3, 0.4) is 0 Å². The normalized spacial score (nSPS) is 19.3. The van der Waals surface area contributed by atoms with Crippen LogP contribution >= 0.6 is 0 Å². The van der Waals surface area contributed by atoms with E-state index in [0.29, 0.717) is 18.0 Å². The number of nitrogens with one attached hydrogen (secondary N) is 1. The summed E-state index contributed by atoms with van der Waals surface area (Å²) in [5, 5.41) is 19.8. The zero-order valence-electron chi connectivity index (χ0n) is 27.7. The van der Waals surface area contributed by atoms with Crippen LogP contribution in [0.4, 0.5) is 14.0 Å². The minimum absolute atomic E-state index is 0.0131. The average molecular weight is 651 g/mol. The molecule has 3 atom stereocenters. The summed E-state index contributed by atoms with van der Waals surface area (Å²) in [7, 11) is 0. The van der Waals surface area contributed by atoms with Crippen molar-refractivity contribution in [2.45, 2.75) is 104 Å². The van der Waals surface area contributed by atoms with Gasteiger partial charge in [0.25, 0.3) is 0 Å². The van der Waals surface area contributed by atoms with Gasteiger partial charge in [0.15, 0.2) is 0 Å². The maximum atomic E-state index is 13.1. The average Bonchev–Trinajstić information content (AvgIpc) is 3.39. The fourth-order valence-electron chi connectivity index (χ4n) is 4.88. The van der Waals surface area contributed by atoms with Gasteiger partial charge < -0.3 is 30.9 Å². The summed E-state index contributed by atoms with van der Waals surface area (Å²) in [5.41, 5.74) is 4.90. The summed E-state index contributed by atoms with van der Waals surface area (Å²) in [6.07, 6.45) is 10.7. The van der Waals surface area contributed by atoms with Crippen LogP contribution in [0.2, 0.25) is 0 Å². The van der Waals surface area contributed by atoms with E-state index in [1.54, 1.807) is 37.8 Å². The van der Waals surface area contributed by atoms with E-state index in [-0.39, 0.29) is 43.2 Å². The molecule has 1 saturated heterocycles. The van der Waals surface area contributed by atoms with Gasteiger partial charge in [-0.15, -0.1) is 0 Å². The summed E-state index contributed by atoms with van der Waals surface area (Å²) in [6.45, 7) is 10.8. The number of unbranched alkanes of at least 4 members (excludes halogenated alkanes) is 3. The third-order valence-corrected chi connectivity index (χ3v) is 7.37. The first-order valence-electron chi connectivity index (χ1n) is 15.7. The molecule has 258 valence electrons. The maximum Gasteiger partial charge on any atom is 0.408 e. The first kappa shape index (κ1) is 39.9. The molecular formula is C33H51FN4O8. The number of carbonyl (C=O) groups is 5. The van der Waals surface area contributed by atoms with E-state index in [1.807, 2.05) is 6.92 Å². The predicted molar refractivity (Wildman–Crippen MR) is 171 cm³/mol. The number of primary amides is 1. The second kappa shape index (κ2) is 20.1. The summed E-state index contributed by atoms with van der Waals surface area (Å²) in [6, 6.07) is 4.98. The number of aliphatic carboxylic acids is 1. The SMILES string of the molecule is CC1CCCN1C(=O)CNC(=O)OC(C)(C)C.CCCCC/C=C\C1CC1C(=O)O.NC=O.O=C(O)N1Cc2cccc(F)c2C1. The quantitative estimate of drug-likeness (QED) is 0.167. The van der Waals surface area contributed by atoms with E-state index in [4.69, 9.17) is 19.7 Å². The third kappa shape index (κ3) is 15.2. The van der Waals surface area contributed by atoms with Gasteiger partial charge in [-0.05, 0) is 77.3 Å². The highest BCUT2D eigenvalue weighted by molar-refractivity contribution is 5.82. The number of hydrogen-bond donors (Lipinski definition) is 4. The van der Waals surface area contributed by atoms with Crippen LogP contribution in [0.15, 0.2) is 30.4 Å². The van der Waals surface area contributed by atoms with Crippen molar-refractivity contribution in [3.05, 3.63) is 47.3 Å². The summed E-state index contributed by atoms with van der Waals surface area (Å²) in [4.78, 5) is 55.8. The van der Waals surface area contributed by atoms with Crippen molar-refractivity contribution in [3.63, 3.8) is 0 Å². The van der Waals surface area contributed by atoms with Crippen molar-refractivity contribution in [1.29, 1.82) is 0 Å². The third-order valence-electron chi connectivity index (χ3n) is 7.37. The Labute approximate surface area is 271 Å². The molecule has 2 fully saturated rings. The molecule has 0 bridgehead atoms. The number of allylic oxidation sites excluding steroid dienone is 2. The number of carboxylic acids is 1. The van der Waals surface area contributed by atoms with Gasteiger partial charge in [-0.25, -0.2) is 14.0 Å². The number of fused-ring (bicyclic) bond motifs is 1. The lowest BCUT2D eigenvalue weighted by Crippen LogP contribution is -2.43. The van der Waals surface area contributed by atoms with Crippen LogP contribution in [0.25, 0.3) is 0 Å². The zero-order chi connectivity index (χ0) is 34.9. The van der Waals surface area contributed by atoms with Crippen molar-refractivity contribution in [2.75, 3.05) is 13.1 Å². The molecule has 1 aromatic carbocycles. The Morgan fingerprint density at radius 3 is 2.33 bits per heavy atom. The van der Waals surface area contributed by atoms with Crippen molar-refractivity contribution in [2.24, 2.45) is 17.6 Å². The molecule has 1 aromatic rings.